The summed E-state index contributed by atoms with van der Waals surface area (Å²) in [5.41, 5.74) is 0. The molecule has 0 aromatic heterocycles. The molecule has 1 fully saturated rings. The molecular weight excluding hydrogens is 204 g/mol. The Morgan fingerprint density at radius 2 is 2.25 bits per heavy atom. The molecule has 0 aromatic carbocycles. The molecule has 3 unspecified atom stereocenters. The average molecular weight is 228 g/mol. The zero-order valence-corrected chi connectivity index (χ0v) is 10.6. The van der Waals surface area contributed by atoms with Crippen molar-refractivity contribution in [1.82, 2.24) is 10.6 Å². The Labute approximate surface area is 98.1 Å². The lowest BCUT2D eigenvalue weighted by Gasteiger charge is -2.27. The van der Waals surface area contributed by atoms with Crippen molar-refractivity contribution in [1.29, 1.82) is 0 Å². The Kier molecular flexibility index (Phi) is 5.77. The van der Waals surface area contributed by atoms with Crippen LogP contribution < -0.4 is 10.6 Å². The molecule has 1 aliphatic heterocycles. The normalized spacial score (nSPS) is 24.8. The number of rotatable bonds is 5. The second-order valence-electron chi connectivity index (χ2n) is 4.70. The van der Waals surface area contributed by atoms with E-state index in [9.17, 15) is 4.79 Å². The molecule has 4 nitrogen and oxygen atoms in total. The maximum atomic E-state index is 11.2. The van der Waals surface area contributed by atoms with Crippen molar-refractivity contribution in [2.45, 2.75) is 57.7 Å². The van der Waals surface area contributed by atoms with Gasteiger partial charge in [-0.15, -0.1) is 0 Å². The molecule has 4 heteroatoms. The van der Waals surface area contributed by atoms with Crippen LogP contribution >= 0.6 is 0 Å². The van der Waals surface area contributed by atoms with Gasteiger partial charge in [-0.1, -0.05) is 6.42 Å². The Bertz CT molecular complexity index is 215. The fourth-order valence-electron chi connectivity index (χ4n) is 2.29. The number of carbonyl (C=O) groups is 1. The highest BCUT2D eigenvalue weighted by molar-refractivity contribution is 5.75. The van der Waals surface area contributed by atoms with Crippen LogP contribution in [0.2, 0.25) is 0 Å². The standard InChI is InChI=1S/C12H24N2O2/c1-9(14-10(2)12(15)16-3)8-11-6-4-5-7-13-11/h9-11,13-14H,4-8H2,1-3H3. The third-order valence-electron chi connectivity index (χ3n) is 3.14. The second kappa shape index (κ2) is 6.86. The van der Waals surface area contributed by atoms with E-state index in [-0.39, 0.29) is 12.0 Å². The molecule has 0 amide bonds. The van der Waals surface area contributed by atoms with Gasteiger partial charge in [0.25, 0.3) is 0 Å². The van der Waals surface area contributed by atoms with Crippen LogP contribution in [-0.4, -0.2) is 37.7 Å². The molecule has 94 valence electrons. The van der Waals surface area contributed by atoms with Gasteiger partial charge in [-0.2, -0.15) is 0 Å². The van der Waals surface area contributed by atoms with Crippen LogP contribution in [0.4, 0.5) is 0 Å². The number of carbonyl (C=O) groups excluding carboxylic acids is 1. The van der Waals surface area contributed by atoms with E-state index in [1.54, 1.807) is 0 Å². The van der Waals surface area contributed by atoms with Gasteiger partial charge in [0, 0.05) is 12.1 Å². The molecule has 1 heterocycles. The first kappa shape index (κ1) is 13.5. The van der Waals surface area contributed by atoms with Crippen molar-refractivity contribution in [2.75, 3.05) is 13.7 Å². The van der Waals surface area contributed by atoms with Crippen LogP contribution in [0, 0.1) is 0 Å². The first-order chi connectivity index (χ1) is 7.63. The Morgan fingerprint density at radius 3 is 2.81 bits per heavy atom. The van der Waals surface area contributed by atoms with E-state index in [0.717, 1.165) is 13.0 Å². The van der Waals surface area contributed by atoms with Crippen LogP contribution in [0.25, 0.3) is 0 Å². The first-order valence-corrected chi connectivity index (χ1v) is 6.20. The predicted octanol–water partition coefficient (Wildman–Crippen LogP) is 1.06. The van der Waals surface area contributed by atoms with E-state index in [1.807, 2.05) is 6.92 Å². The van der Waals surface area contributed by atoms with E-state index in [2.05, 4.69) is 22.3 Å². The number of hydrogen-bond acceptors (Lipinski definition) is 4. The minimum absolute atomic E-state index is 0.191. The molecule has 0 aliphatic carbocycles. The van der Waals surface area contributed by atoms with E-state index in [0.29, 0.717) is 12.1 Å². The van der Waals surface area contributed by atoms with Gasteiger partial charge in [-0.25, -0.2) is 0 Å². The van der Waals surface area contributed by atoms with Crippen molar-refractivity contribution >= 4 is 5.97 Å². The fourth-order valence-corrected chi connectivity index (χ4v) is 2.29. The zero-order chi connectivity index (χ0) is 12.0. The summed E-state index contributed by atoms with van der Waals surface area (Å²) in [6.45, 7) is 5.09. The topological polar surface area (TPSA) is 50.4 Å². The zero-order valence-electron chi connectivity index (χ0n) is 10.6. The number of ether oxygens (including phenoxy) is 1. The Balaban J connectivity index is 2.23. The van der Waals surface area contributed by atoms with E-state index in [4.69, 9.17) is 0 Å². The molecule has 0 bridgehead atoms. The van der Waals surface area contributed by atoms with Crippen LogP contribution in [-0.2, 0) is 9.53 Å². The summed E-state index contributed by atoms with van der Waals surface area (Å²) in [7, 11) is 1.42. The molecule has 1 aliphatic rings. The summed E-state index contributed by atoms with van der Waals surface area (Å²) < 4.78 is 4.69. The first-order valence-electron chi connectivity index (χ1n) is 6.20. The Morgan fingerprint density at radius 1 is 1.50 bits per heavy atom. The maximum Gasteiger partial charge on any atom is 0.322 e. The lowest BCUT2D eigenvalue weighted by atomic mass is 9.98. The minimum Gasteiger partial charge on any atom is -0.468 e. The Hall–Kier alpha value is -0.610. The molecule has 3 atom stereocenters. The maximum absolute atomic E-state index is 11.2. The van der Waals surface area contributed by atoms with Gasteiger partial charge in [0.15, 0.2) is 0 Å². The van der Waals surface area contributed by atoms with Crippen LogP contribution in [0.15, 0.2) is 0 Å². The van der Waals surface area contributed by atoms with Crippen molar-refractivity contribution in [3.05, 3.63) is 0 Å². The monoisotopic (exact) mass is 228 g/mol. The van der Waals surface area contributed by atoms with Gasteiger partial charge in [-0.3, -0.25) is 4.79 Å². The molecule has 1 rings (SSSR count). The van der Waals surface area contributed by atoms with Gasteiger partial charge in [0.05, 0.1) is 7.11 Å². The highest BCUT2D eigenvalue weighted by Gasteiger charge is 2.19. The van der Waals surface area contributed by atoms with E-state index in [1.165, 1.54) is 26.4 Å². The van der Waals surface area contributed by atoms with Gasteiger partial charge in [-0.05, 0) is 39.7 Å². The van der Waals surface area contributed by atoms with Crippen LogP contribution in [0.5, 0.6) is 0 Å². The average Bonchev–Trinajstić information content (AvgIpc) is 2.29. The molecular formula is C12H24N2O2. The molecule has 0 saturated carbocycles. The lowest BCUT2D eigenvalue weighted by molar-refractivity contribution is -0.142. The molecule has 0 radical (unpaired) electrons. The fraction of sp³-hybridized carbons (Fsp3) is 0.917. The number of esters is 1. The lowest BCUT2D eigenvalue weighted by Crippen LogP contribution is -2.45. The number of piperidine rings is 1. The SMILES string of the molecule is COC(=O)C(C)NC(C)CC1CCCCN1. The highest BCUT2D eigenvalue weighted by Crippen LogP contribution is 2.12. The van der Waals surface area contributed by atoms with Crippen molar-refractivity contribution < 1.29 is 9.53 Å². The second-order valence-corrected chi connectivity index (χ2v) is 4.70. The quantitative estimate of drug-likeness (QED) is 0.691. The third-order valence-corrected chi connectivity index (χ3v) is 3.14. The van der Waals surface area contributed by atoms with Gasteiger partial charge in [0.2, 0.25) is 0 Å². The van der Waals surface area contributed by atoms with Crippen molar-refractivity contribution in [3.8, 4) is 0 Å². The molecule has 16 heavy (non-hydrogen) atoms. The largest absolute Gasteiger partial charge is 0.468 e. The summed E-state index contributed by atoms with van der Waals surface area (Å²) in [6, 6.07) is 0.717. The summed E-state index contributed by atoms with van der Waals surface area (Å²) in [6.07, 6.45) is 4.92. The summed E-state index contributed by atoms with van der Waals surface area (Å²) >= 11 is 0. The smallest absolute Gasteiger partial charge is 0.322 e. The molecule has 0 aromatic rings. The van der Waals surface area contributed by atoms with Crippen molar-refractivity contribution in [2.24, 2.45) is 0 Å². The van der Waals surface area contributed by atoms with E-state index < -0.39 is 0 Å². The molecule has 1 saturated heterocycles. The number of nitrogens with one attached hydrogen (secondary N) is 2. The van der Waals surface area contributed by atoms with Crippen LogP contribution in [0.1, 0.15) is 39.5 Å². The highest BCUT2D eigenvalue weighted by atomic mass is 16.5. The van der Waals surface area contributed by atoms with Gasteiger partial charge in [0.1, 0.15) is 6.04 Å². The number of hydrogen-bond donors (Lipinski definition) is 2. The van der Waals surface area contributed by atoms with Gasteiger partial charge < -0.3 is 15.4 Å². The summed E-state index contributed by atoms with van der Waals surface area (Å²) in [4.78, 5) is 11.2. The molecule has 0 spiro atoms. The minimum atomic E-state index is -0.219. The van der Waals surface area contributed by atoms with Gasteiger partial charge >= 0.3 is 5.97 Å². The summed E-state index contributed by atoms with van der Waals surface area (Å²) in [5, 5.41) is 6.77. The predicted molar refractivity (Wildman–Crippen MR) is 64.3 cm³/mol. The van der Waals surface area contributed by atoms with E-state index >= 15 is 0 Å². The number of methoxy groups -OCH3 is 1. The summed E-state index contributed by atoms with van der Waals surface area (Å²) in [5.74, 6) is -0.191. The third kappa shape index (κ3) is 4.49. The molecule has 2 N–H and O–H groups in total. The van der Waals surface area contributed by atoms with Crippen LogP contribution in [0.3, 0.4) is 0 Å². The van der Waals surface area contributed by atoms with Crippen molar-refractivity contribution in [3.63, 3.8) is 0 Å².